The first-order valence-electron chi connectivity index (χ1n) is 10.7. The Balaban J connectivity index is 1.44. The second-order valence-electron chi connectivity index (χ2n) is 7.74. The first-order chi connectivity index (χ1) is 15.1. The number of rotatable bonds is 7. The average molecular weight is 423 g/mol. The number of amides is 2. The molecular weight excluding hydrogens is 397 g/mol. The van der Waals surface area contributed by atoms with Crippen molar-refractivity contribution in [2.45, 2.75) is 19.3 Å². The summed E-state index contributed by atoms with van der Waals surface area (Å²) < 4.78 is 19.8. The number of nitrogens with zero attached hydrogens (tertiary/aromatic N) is 2. The van der Waals surface area contributed by atoms with Gasteiger partial charge in [0, 0.05) is 12.1 Å². The van der Waals surface area contributed by atoms with E-state index in [1.165, 1.54) is 29.9 Å². The van der Waals surface area contributed by atoms with Gasteiger partial charge in [-0.05, 0) is 63.2 Å². The fourth-order valence-electron chi connectivity index (χ4n) is 3.89. The summed E-state index contributed by atoms with van der Waals surface area (Å²) in [5, 5.41) is 2.90. The van der Waals surface area contributed by atoms with Gasteiger partial charge in [0.15, 0.2) is 11.5 Å². The summed E-state index contributed by atoms with van der Waals surface area (Å²) in [6.07, 6.45) is 4.73. The highest BCUT2D eigenvalue weighted by molar-refractivity contribution is 6.12. The summed E-state index contributed by atoms with van der Waals surface area (Å²) in [5.41, 5.74) is 0.766. The van der Waals surface area contributed by atoms with Crippen LogP contribution in [0.15, 0.2) is 54.3 Å². The lowest BCUT2D eigenvalue weighted by Gasteiger charge is -2.30. The maximum Gasteiger partial charge on any atom is 0.294 e. The summed E-state index contributed by atoms with van der Waals surface area (Å²) in [4.78, 5) is 29.4. The van der Waals surface area contributed by atoms with E-state index in [0.29, 0.717) is 18.0 Å². The van der Waals surface area contributed by atoms with Gasteiger partial charge in [0.1, 0.15) is 12.4 Å². The lowest BCUT2D eigenvalue weighted by Crippen LogP contribution is -2.44. The van der Waals surface area contributed by atoms with Crippen LogP contribution in [0.4, 0.5) is 10.1 Å². The molecule has 2 aliphatic rings. The Bertz CT molecular complexity index is 986. The van der Waals surface area contributed by atoms with Crippen LogP contribution in [0.25, 0.3) is 6.08 Å². The van der Waals surface area contributed by atoms with Crippen molar-refractivity contribution in [2.24, 2.45) is 0 Å². The van der Waals surface area contributed by atoms with Gasteiger partial charge in [-0.25, -0.2) is 4.39 Å². The maximum absolute atomic E-state index is 14.1. The second-order valence-corrected chi connectivity index (χ2v) is 7.74. The van der Waals surface area contributed by atoms with Gasteiger partial charge in [0.25, 0.3) is 5.91 Å². The Morgan fingerprint density at radius 1 is 1.10 bits per heavy atom. The average Bonchev–Trinajstić information content (AvgIpc) is 3.29. The fourth-order valence-corrected chi connectivity index (χ4v) is 3.89. The Hall–Kier alpha value is -3.19. The summed E-state index contributed by atoms with van der Waals surface area (Å²) >= 11 is 0. The highest BCUT2D eigenvalue weighted by Crippen LogP contribution is 2.35. The van der Waals surface area contributed by atoms with Crippen LogP contribution in [-0.4, -0.2) is 49.4 Å². The van der Waals surface area contributed by atoms with E-state index < -0.39 is 11.7 Å². The Labute approximate surface area is 181 Å². The van der Waals surface area contributed by atoms with E-state index in [2.05, 4.69) is 10.2 Å². The molecule has 0 unspecified atom stereocenters. The zero-order valence-corrected chi connectivity index (χ0v) is 17.4. The van der Waals surface area contributed by atoms with Crippen LogP contribution in [0.5, 0.6) is 5.75 Å². The lowest BCUT2D eigenvalue weighted by molar-refractivity contribution is -0.123. The monoisotopic (exact) mass is 423 g/mol. The van der Waals surface area contributed by atoms with Crippen molar-refractivity contribution in [2.75, 3.05) is 37.6 Å². The topological polar surface area (TPSA) is 61.9 Å². The molecule has 2 aromatic rings. The van der Waals surface area contributed by atoms with Gasteiger partial charge in [0.05, 0.1) is 5.69 Å². The number of hydrogen-bond acceptors (Lipinski definition) is 4. The van der Waals surface area contributed by atoms with Crippen molar-refractivity contribution >= 4 is 23.6 Å². The Kier molecular flexibility index (Phi) is 6.62. The number of hydrogen-bond donors (Lipinski definition) is 1. The smallest absolute Gasteiger partial charge is 0.294 e. The third-order valence-electron chi connectivity index (χ3n) is 5.50. The van der Waals surface area contributed by atoms with Gasteiger partial charge in [-0.15, -0.1) is 0 Å². The molecule has 0 aromatic heterocycles. The third kappa shape index (κ3) is 5.11. The molecule has 2 aliphatic heterocycles. The van der Waals surface area contributed by atoms with E-state index in [0.717, 1.165) is 26.1 Å². The molecule has 1 saturated heterocycles. The summed E-state index contributed by atoms with van der Waals surface area (Å²) in [6.45, 7) is 3.66. The molecule has 7 heteroatoms. The molecule has 162 valence electrons. The largest absolute Gasteiger partial charge is 0.449 e. The molecule has 31 heavy (non-hydrogen) atoms. The minimum atomic E-state index is -0.478. The summed E-state index contributed by atoms with van der Waals surface area (Å²) in [6, 6.07) is 13.2. The minimum Gasteiger partial charge on any atom is -0.449 e. The van der Waals surface area contributed by atoms with E-state index in [1.807, 2.05) is 0 Å². The first kappa shape index (κ1) is 21.1. The van der Waals surface area contributed by atoms with Gasteiger partial charge < -0.3 is 15.0 Å². The van der Waals surface area contributed by atoms with Crippen LogP contribution in [0, 0.1) is 5.82 Å². The molecule has 0 radical (unpaired) electrons. The van der Waals surface area contributed by atoms with Crippen molar-refractivity contribution in [3.63, 3.8) is 0 Å². The van der Waals surface area contributed by atoms with Gasteiger partial charge in [-0.1, -0.05) is 30.3 Å². The number of para-hydroxylation sites is 2. The van der Waals surface area contributed by atoms with Gasteiger partial charge in [-0.2, -0.15) is 0 Å². The van der Waals surface area contributed by atoms with Gasteiger partial charge in [-0.3, -0.25) is 14.5 Å². The number of ether oxygens (including phenoxy) is 1. The maximum atomic E-state index is 14.1. The molecule has 2 amide bonds. The van der Waals surface area contributed by atoms with Crippen molar-refractivity contribution < 1.29 is 18.7 Å². The van der Waals surface area contributed by atoms with Crippen LogP contribution < -0.4 is 15.0 Å². The molecule has 2 heterocycles. The van der Waals surface area contributed by atoms with Crippen molar-refractivity contribution in [3.8, 4) is 5.75 Å². The molecule has 0 saturated carbocycles. The van der Waals surface area contributed by atoms with Crippen molar-refractivity contribution in [1.29, 1.82) is 0 Å². The predicted molar refractivity (Wildman–Crippen MR) is 117 cm³/mol. The quantitative estimate of drug-likeness (QED) is 0.549. The number of likely N-dealkylation sites (tertiary alicyclic amines) is 1. The molecule has 1 N–H and O–H groups in total. The van der Waals surface area contributed by atoms with Crippen LogP contribution in [0.1, 0.15) is 24.8 Å². The van der Waals surface area contributed by atoms with E-state index in [4.69, 9.17) is 4.74 Å². The molecule has 4 rings (SSSR count). The van der Waals surface area contributed by atoms with Gasteiger partial charge in [0.2, 0.25) is 5.91 Å². The van der Waals surface area contributed by atoms with Crippen LogP contribution in [0.3, 0.4) is 0 Å². The predicted octanol–water partition coefficient (Wildman–Crippen LogP) is 3.19. The lowest BCUT2D eigenvalue weighted by atomic mass is 10.1. The van der Waals surface area contributed by atoms with Crippen LogP contribution >= 0.6 is 0 Å². The number of carbonyl (C=O) groups excluding carboxylic acids is 2. The van der Waals surface area contributed by atoms with Crippen molar-refractivity contribution in [1.82, 2.24) is 10.2 Å². The zero-order valence-electron chi connectivity index (χ0n) is 17.4. The molecule has 0 spiro atoms. The number of fused-ring (bicyclic) bond motifs is 1. The van der Waals surface area contributed by atoms with Gasteiger partial charge >= 0.3 is 0 Å². The fraction of sp³-hybridized carbons (Fsp3) is 0.333. The van der Waals surface area contributed by atoms with E-state index in [1.54, 1.807) is 42.5 Å². The highest BCUT2D eigenvalue weighted by atomic mass is 19.1. The molecule has 0 aliphatic carbocycles. The Morgan fingerprint density at radius 2 is 1.84 bits per heavy atom. The number of nitrogens with one attached hydrogen (secondary N) is 1. The first-order valence-corrected chi connectivity index (χ1v) is 10.7. The molecular formula is C24H26FN3O3. The SMILES string of the molecule is O=C(CN1C(=O)C(=Cc2ccccc2F)Oc2ccccc21)NCCCN1CCCC1. The molecule has 1 fully saturated rings. The number of carbonyl (C=O) groups is 2. The standard InChI is InChI=1S/C24H26FN3O3/c25-19-9-2-1-8-18(19)16-22-24(30)28(20-10-3-4-11-21(20)31-22)17-23(29)26-12-7-15-27-13-5-6-14-27/h1-4,8-11,16H,5-7,12-15,17H2,(H,26,29). The molecule has 6 nitrogen and oxygen atoms in total. The van der Waals surface area contributed by atoms with Crippen LogP contribution in [-0.2, 0) is 9.59 Å². The normalized spacial score (nSPS) is 17.5. The van der Waals surface area contributed by atoms with E-state index >= 15 is 0 Å². The molecule has 0 atom stereocenters. The molecule has 0 bridgehead atoms. The van der Waals surface area contributed by atoms with Crippen molar-refractivity contribution in [3.05, 3.63) is 65.7 Å². The van der Waals surface area contributed by atoms with E-state index in [-0.39, 0.29) is 23.8 Å². The number of benzene rings is 2. The zero-order chi connectivity index (χ0) is 21.6. The van der Waals surface area contributed by atoms with Crippen LogP contribution in [0.2, 0.25) is 0 Å². The molecule has 2 aromatic carbocycles. The minimum absolute atomic E-state index is 0.0226. The van der Waals surface area contributed by atoms with E-state index in [9.17, 15) is 14.0 Å². The summed E-state index contributed by atoms with van der Waals surface area (Å²) in [5.74, 6) is -0.740. The third-order valence-corrected chi connectivity index (χ3v) is 5.50. The second kappa shape index (κ2) is 9.75. The Morgan fingerprint density at radius 3 is 2.65 bits per heavy atom. The summed E-state index contributed by atoms with van der Waals surface area (Å²) in [7, 11) is 0. The number of anilines is 1. The highest BCUT2D eigenvalue weighted by Gasteiger charge is 2.31. The number of halogens is 1.